The first-order valence-corrected chi connectivity index (χ1v) is 7.19. The van der Waals surface area contributed by atoms with E-state index in [2.05, 4.69) is 0 Å². The molecule has 0 spiro atoms. The van der Waals surface area contributed by atoms with Crippen molar-refractivity contribution in [1.82, 2.24) is 0 Å². The lowest BCUT2D eigenvalue weighted by Gasteiger charge is -2.17. The van der Waals surface area contributed by atoms with Gasteiger partial charge in [-0.2, -0.15) is 0 Å². The zero-order valence-corrected chi connectivity index (χ0v) is 12.2. The second-order valence-corrected chi connectivity index (χ2v) is 5.61. The fourth-order valence-electron chi connectivity index (χ4n) is 2.48. The average molecular weight is 303 g/mol. The first-order valence-electron chi connectivity index (χ1n) is 6.44. The van der Waals surface area contributed by atoms with Crippen LogP contribution in [0.2, 0.25) is 10.0 Å². The largest absolute Gasteiger partial charge is 0.289 e. The molecule has 0 saturated heterocycles. The Balaban J connectivity index is 2.05. The number of allylic oxidation sites excluding steroid dienone is 1. The van der Waals surface area contributed by atoms with E-state index in [0.717, 1.165) is 35.1 Å². The van der Waals surface area contributed by atoms with E-state index >= 15 is 0 Å². The van der Waals surface area contributed by atoms with Gasteiger partial charge in [-0.25, -0.2) is 0 Å². The molecule has 1 aliphatic carbocycles. The second kappa shape index (κ2) is 5.43. The number of halogens is 2. The molecule has 2 aromatic rings. The second-order valence-electron chi connectivity index (χ2n) is 4.79. The maximum absolute atomic E-state index is 12.5. The van der Waals surface area contributed by atoms with Crippen molar-refractivity contribution in [3.8, 4) is 0 Å². The molecule has 3 heteroatoms. The fourth-order valence-corrected chi connectivity index (χ4v) is 2.98. The van der Waals surface area contributed by atoms with Gasteiger partial charge in [0.2, 0.25) is 0 Å². The zero-order valence-electron chi connectivity index (χ0n) is 10.7. The summed E-state index contributed by atoms with van der Waals surface area (Å²) < 4.78 is 0. The topological polar surface area (TPSA) is 17.1 Å². The molecule has 0 atom stereocenters. The Labute approximate surface area is 127 Å². The minimum absolute atomic E-state index is 0.0721. The Morgan fingerprint density at radius 2 is 1.60 bits per heavy atom. The lowest BCUT2D eigenvalue weighted by molar-refractivity contribution is 0.102. The van der Waals surface area contributed by atoms with Crippen molar-refractivity contribution >= 4 is 35.1 Å². The van der Waals surface area contributed by atoms with E-state index < -0.39 is 0 Å². The number of hydrogen-bond donors (Lipinski definition) is 0. The first-order chi connectivity index (χ1) is 9.66. The molecule has 1 nitrogen and oxygen atoms in total. The number of aryl methyl sites for hydroxylation is 1. The van der Waals surface area contributed by atoms with Crippen molar-refractivity contribution in [3.63, 3.8) is 0 Å². The normalized spacial score (nSPS) is 16.3. The molecule has 100 valence electrons. The van der Waals surface area contributed by atoms with Gasteiger partial charge in [0, 0.05) is 26.7 Å². The van der Waals surface area contributed by atoms with E-state index in [9.17, 15) is 4.79 Å². The third-order valence-corrected chi connectivity index (χ3v) is 4.19. The molecule has 0 aliphatic heterocycles. The van der Waals surface area contributed by atoms with Crippen LogP contribution in [0.1, 0.15) is 27.9 Å². The smallest absolute Gasteiger partial charge is 0.189 e. The summed E-state index contributed by atoms with van der Waals surface area (Å²) in [4.78, 5) is 12.5. The van der Waals surface area contributed by atoms with Crippen molar-refractivity contribution in [2.45, 2.75) is 12.8 Å². The summed E-state index contributed by atoms with van der Waals surface area (Å²) in [6, 6.07) is 13.1. The molecule has 20 heavy (non-hydrogen) atoms. The van der Waals surface area contributed by atoms with Gasteiger partial charge in [-0.1, -0.05) is 53.5 Å². The van der Waals surface area contributed by atoms with E-state index in [4.69, 9.17) is 23.2 Å². The van der Waals surface area contributed by atoms with Crippen LogP contribution in [-0.4, -0.2) is 5.78 Å². The minimum atomic E-state index is 0.0721. The highest BCUT2D eigenvalue weighted by Crippen LogP contribution is 2.31. The average Bonchev–Trinajstić information content (AvgIpc) is 2.45. The summed E-state index contributed by atoms with van der Waals surface area (Å²) in [5.74, 6) is 0.0721. The molecule has 2 aromatic carbocycles. The van der Waals surface area contributed by atoms with Crippen molar-refractivity contribution in [2.24, 2.45) is 0 Å². The highest BCUT2D eigenvalue weighted by molar-refractivity contribution is 6.37. The Kier molecular flexibility index (Phi) is 3.64. The lowest BCUT2D eigenvalue weighted by Crippen LogP contribution is -2.13. The number of Topliss-reactive ketones (excluding diaryl/α,β-unsaturated/α-hetero) is 1. The molecular formula is C17H12Cl2O. The van der Waals surface area contributed by atoms with Gasteiger partial charge in [0.05, 0.1) is 0 Å². The maximum atomic E-state index is 12.5. The van der Waals surface area contributed by atoms with Crippen LogP contribution in [0.3, 0.4) is 0 Å². The van der Waals surface area contributed by atoms with E-state index in [1.165, 1.54) is 0 Å². The first kappa shape index (κ1) is 13.4. The molecule has 0 heterocycles. The number of carbonyl (C=O) groups excluding carboxylic acids is 1. The predicted molar refractivity (Wildman–Crippen MR) is 83.5 cm³/mol. The molecular weight excluding hydrogens is 291 g/mol. The maximum Gasteiger partial charge on any atom is 0.189 e. The van der Waals surface area contributed by atoms with Gasteiger partial charge in [-0.05, 0) is 36.6 Å². The SMILES string of the molecule is O=C1/C(=C/c2c(Cl)cccc2Cl)CCc2ccccc21. The van der Waals surface area contributed by atoms with Crippen LogP contribution >= 0.6 is 23.2 Å². The molecule has 0 radical (unpaired) electrons. The summed E-state index contributed by atoms with van der Waals surface area (Å²) in [7, 11) is 0. The highest BCUT2D eigenvalue weighted by atomic mass is 35.5. The number of benzene rings is 2. The molecule has 0 saturated carbocycles. The van der Waals surface area contributed by atoms with E-state index in [0.29, 0.717) is 10.0 Å². The fraction of sp³-hybridized carbons (Fsp3) is 0.118. The lowest BCUT2D eigenvalue weighted by atomic mass is 9.86. The van der Waals surface area contributed by atoms with Crippen molar-refractivity contribution < 1.29 is 4.79 Å². The standard InChI is InChI=1S/C17H12Cl2O/c18-15-6-3-7-16(19)14(15)10-12-9-8-11-4-1-2-5-13(11)17(12)20/h1-7,10H,8-9H2/b12-10+. The van der Waals surface area contributed by atoms with Gasteiger partial charge in [-0.3, -0.25) is 4.79 Å². The van der Waals surface area contributed by atoms with E-state index in [1.807, 2.05) is 30.3 Å². The minimum Gasteiger partial charge on any atom is -0.289 e. The van der Waals surface area contributed by atoms with Crippen LogP contribution in [0.25, 0.3) is 6.08 Å². The molecule has 1 aliphatic rings. The molecule has 0 aromatic heterocycles. The van der Waals surface area contributed by atoms with Crippen molar-refractivity contribution in [1.29, 1.82) is 0 Å². The highest BCUT2D eigenvalue weighted by Gasteiger charge is 2.21. The molecule has 0 amide bonds. The molecule has 0 bridgehead atoms. The van der Waals surface area contributed by atoms with Crippen LogP contribution in [0.4, 0.5) is 0 Å². The van der Waals surface area contributed by atoms with Crippen LogP contribution in [0.5, 0.6) is 0 Å². The van der Waals surface area contributed by atoms with Crippen LogP contribution < -0.4 is 0 Å². The third-order valence-electron chi connectivity index (χ3n) is 3.54. The van der Waals surface area contributed by atoms with Gasteiger partial charge < -0.3 is 0 Å². The molecule has 0 fully saturated rings. The number of fused-ring (bicyclic) bond motifs is 1. The number of rotatable bonds is 1. The Hall–Kier alpha value is -1.57. The predicted octanol–water partition coefficient (Wildman–Crippen LogP) is 5.21. The summed E-state index contributed by atoms with van der Waals surface area (Å²) in [6.45, 7) is 0. The quantitative estimate of drug-likeness (QED) is 0.661. The van der Waals surface area contributed by atoms with Gasteiger partial charge >= 0.3 is 0 Å². The van der Waals surface area contributed by atoms with Gasteiger partial charge in [0.1, 0.15) is 0 Å². The van der Waals surface area contributed by atoms with Gasteiger partial charge in [-0.15, -0.1) is 0 Å². The zero-order chi connectivity index (χ0) is 14.1. The Bertz CT molecular complexity index is 696. The van der Waals surface area contributed by atoms with E-state index in [-0.39, 0.29) is 5.78 Å². The van der Waals surface area contributed by atoms with Gasteiger partial charge in [0.15, 0.2) is 5.78 Å². The monoisotopic (exact) mass is 302 g/mol. The van der Waals surface area contributed by atoms with Crippen LogP contribution in [-0.2, 0) is 6.42 Å². The summed E-state index contributed by atoms with van der Waals surface area (Å²) in [6.07, 6.45) is 3.41. The third kappa shape index (κ3) is 2.39. The van der Waals surface area contributed by atoms with Crippen molar-refractivity contribution in [2.75, 3.05) is 0 Å². The van der Waals surface area contributed by atoms with E-state index in [1.54, 1.807) is 18.2 Å². The molecule has 3 rings (SSSR count). The Morgan fingerprint density at radius 3 is 2.35 bits per heavy atom. The number of hydrogen-bond acceptors (Lipinski definition) is 1. The molecule has 0 unspecified atom stereocenters. The van der Waals surface area contributed by atoms with Crippen molar-refractivity contribution in [3.05, 3.63) is 74.8 Å². The summed E-state index contributed by atoms with van der Waals surface area (Å²) >= 11 is 12.3. The number of ketones is 1. The summed E-state index contributed by atoms with van der Waals surface area (Å²) in [5, 5.41) is 1.13. The molecule has 0 N–H and O–H groups in total. The van der Waals surface area contributed by atoms with Crippen LogP contribution in [0, 0.1) is 0 Å². The van der Waals surface area contributed by atoms with Gasteiger partial charge in [0.25, 0.3) is 0 Å². The Morgan fingerprint density at radius 1 is 0.900 bits per heavy atom. The summed E-state index contributed by atoms with van der Waals surface area (Å²) in [5.41, 5.74) is 3.38. The number of carbonyl (C=O) groups is 1. The van der Waals surface area contributed by atoms with Crippen LogP contribution in [0.15, 0.2) is 48.0 Å².